The molecular formula is C13H20N2O2. The molecule has 17 heavy (non-hydrogen) atoms. The van der Waals surface area contributed by atoms with Gasteiger partial charge in [-0.3, -0.25) is 9.48 Å². The lowest BCUT2D eigenvalue weighted by atomic mass is 10.1. The van der Waals surface area contributed by atoms with E-state index < -0.39 is 0 Å². The Morgan fingerprint density at radius 2 is 2.29 bits per heavy atom. The van der Waals surface area contributed by atoms with Crippen molar-refractivity contribution in [3.63, 3.8) is 0 Å². The molecule has 94 valence electrons. The van der Waals surface area contributed by atoms with Crippen molar-refractivity contribution in [1.82, 2.24) is 9.78 Å². The Kier molecular flexibility index (Phi) is 3.82. The van der Waals surface area contributed by atoms with Gasteiger partial charge in [-0.25, -0.2) is 0 Å². The summed E-state index contributed by atoms with van der Waals surface area (Å²) < 4.78 is 6.61. The summed E-state index contributed by atoms with van der Waals surface area (Å²) in [4.78, 5) is 10.9. The normalized spacial score (nSPS) is 14.9. The predicted octanol–water partition coefficient (Wildman–Crippen LogP) is 2.18. The Hall–Kier alpha value is -1.32. The molecule has 1 saturated carbocycles. The molecule has 0 bridgehead atoms. The van der Waals surface area contributed by atoms with Crippen molar-refractivity contribution in [2.24, 2.45) is 7.05 Å². The molecule has 2 rings (SSSR count). The number of hydrogen-bond acceptors (Lipinski definition) is 3. The molecule has 0 unspecified atom stereocenters. The van der Waals surface area contributed by atoms with Crippen molar-refractivity contribution in [2.45, 2.75) is 44.4 Å². The van der Waals surface area contributed by atoms with Crippen LogP contribution >= 0.6 is 0 Å². The molecule has 1 fully saturated rings. The van der Waals surface area contributed by atoms with Crippen LogP contribution in [0.2, 0.25) is 0 Å². The number of ether oxygens (including phenoxy) is 1. The first-order valence-electron chi connectivity index (χ1n) is 6.30. The van der Waals surface area contributed by atoms with E-state index in [1.807, 2.05) is 11.7 Å². The molecule has 1 aromatic heterocycles. The second-order valence-electron chi connectivity index (χ2n) is 4.74. The molecular weight excluding hydrogens is 216 g/mol. The van der Waals surface area contributed by atoms with E-state index in [1.54, 1.807) is 0 Å². The third-order valence-corrected chi connectivity index (χ3v) is 3.25. The van der Waals surface area contributed by atoms with Crippen molar-refractivity contribution < 1.29 is 9.53 Å². The lowest BCUT2D eigenvalue weighted by Crippen LogP contribution is -2.00. The average molecular weight is 236 g/mol. The fourth-order valence-electron chi connectivity index (χ4n) is 2.10. The van der Waals surface area contributed by atoms with E-state index in [-0.39, 0.29) is 5.97 Å². The number of nitrogens with zero attached hydrogens (tertiary/aromatic N) is 2. The highest BCUT2D eigenvalue weighted by Gasteiger charge is 2.26. The number of hydrogen-bond donors (Lipinski definition) is 0. The molecule has 1 heterocycles. The summed E-state index contributed by atoms with van der Waals surface area (Å²) in [6, 6.07) is 2.22. The van der Waals surface area contributed by atoms with E-state index in [9.17, 15) is 4.79 Å². The molecule has 4 nitrogen and oxygen atoms in total. The Bertz CT molecular complexity index is 394. The number of unbranched alkanes of at least 4 members (excludes halogenated alkanes) is 1. The Morgan fingerprint density at radius 1 is 1.53 bits per heavy atom. The van der Waals surface area contributed by atoms with E-state index >= 15 is 0 Å². The van der Waals surface area contributed by atoms with Gasteiger partial charge in [0.25, 0.3) is 0 Å². The number of aromatic nitrogens is 2. The summed E-state index contributed by atoms with van der Waals surface area (Å²) in [5.74, 6) is 0.626. The maximum atomic E-state index is 10.9. The van der Waals surface area contributed by atoms with E-state index in [1.165, 1.54) is 25.6 Å². The number of rotatable bonds is 6. The molecule has 1 aromatic rings. The summed E-state index contributed by atoms with van der Waals surface area (Å²) in [6.07, 6.45) is 5.96. The van der Waals surface area contributed by atoms with Crippen LogP contribution in [0.1, 0.15) is 49.4 Å². The standard InChI is InChI=1S/C13H20N2O2/c1-15-12(10-7-8-10)9-11(14-15)5-3-4-6-13(16)17-2/h9-10H,3-8H2,1-2H3. The van der Waals surface area contributed by atoms with E-state index in [4.69, 9.17) is 0 Å². The molecule has 1 aliphatic rings. The van der Waals surface area contributed by atoms with E-state index in [0.29, 0.717) is 6.42 Å². The van der Waals surface area contributed by atoms with Gasteiger partial charge < -0.3 is 4.74 Å². The maximum absolute atomic E-state index is 10.9. The van der Waals surface area contributed by atoms with Crippen LogP contribution in [0, 0.1) is 0 Å². The van der Waals surface area contributed by atoms with Crippen LogP contribution in [0.25, 0.3) is 0 Å². The zero-order valence-electron chi connectivity index (χ0n) is 10.6. The minimum Gasteiger partial charge on any atom is -0.469 e. The van der Waals surface area contributed by atoms with Gasteiger partial charge in [-0.1, -0.05) is 0 Å². The highest BCUT2D eigenvalue weighted by molar-refractivity contribution is 5.68. The second kappa shape index (κ2) is 5.34. The summed E-state index contributed by atoms with van der Waals surface area (Å²) >= 11 is 0. The molecule has 0 radical (unpaired) electrons. The number of esters is 1. The quantitative estimate of drug-likeness (QED) is 0.561. The summed E-state index contributed by atoms with van der Waals surface area (Å²) in [5, 5.41) is 4.51. The minimum absolute atomic E-state index is 0.121. The van der Waals surface area contributed by atoms with Crippen LogP contribution in [-0.2, 0) is 23.0 Å². The zero-order chi connectivity index (χ0) is 12.3. The molecule has 1 aliphatic carbocycles. The van der Waals surface area contributed by atoms with Crippen LogP contribution in [-0.4, -0.2) is 22.9 Å². The first-order valence-corrected chi connectivity index (χ1v) is 6.30. The van der Waals surface area contributed by atoms with Gasteiger partial charge in [0.1, 0.15) is 0 Å². The van der Waals surface area contributed by atoms with Crippen LogP contribution in [0.4, 0.5) is 0 Å². The van der Waals surface area contributed by atoms with Crippen molar-refractivity contribution in [3.8, 4) is 0 Å². The Morgan fingerprint density at radius 3 is 2.94 bits per heavy atom. The van der Waals surface area contributed by atoms with Crippen LogP contribution in [0.5, 0.6) is 0 Å². The van der Waals surface area contributed by atoms with E-state index in [2.05, 4.69) is 15.9 Å². The van der Waals surface area contributed by atoms with Gasteiger partial charge in [-0.05, 0) is 38.2 Å². The van der Waals surface area contributed by atoms with Gasteiger partial charge in [0.15, 0.2) is 0 Å². The Labute approximate surface area is 102 Å². The third kappa shape index (κ3) is 3.32. The van der Waals surface area contributed by atoms with Crippen LogP contribution in [0.3, 0.4) is 0 Å². The molecule has 0 saturated heterocycles. The topological polar surface area (TPSA) is 44.1 Å². The SMILES string of the molecule is COC(=O)CCCCc1cc(C2CC2)n(C)n1. The molecule has 0 atom stereocenters. The monoisotopic (exact) mass is 236 g/mol. The maximum Gasteiger partial charge on any atom is 0.305 e. The van der Waals surface area contributed by atoms with Gasteiger partial charge in [0.2, 0.25) is 0 Å². The number of carbonyl (C=O) groups excluding carboxylic acids is 1. The van der Waals surface area contributed by atoms with E-state index in [0.717, 1.165) is 30.9 Å². The van der Waals surface area contributed by atoms with Gasteiger partial charge in [-0.15, -0.1) is 0 Å². The first-order chi connectivity index (χ1) is 8.20. The predicted molar refractivity (Wildman–Crippen MR) is 64.8 cm³/mol. The van der Waals surface area contributed by atoms with Gasteiger partial charge in [0, 0.05) is 25.1 Å². The van der Waals surface area contributed by atoms with Crippen molar-refractivity contribution >= 4 is 5.97 Å². The third-order valence-electron chi connectivity index (χ3n) is 3.25. The first kappa shape index (κ1) is 12.1. The fraction of sp³-hybridized carbons (Fsp3) is 0.692. The summed E-state index contributed by atoms with van der Waals surface area (Å²) in [5.41, 5.74) is 2.52. The number of aryl methyl sites for hydroxylation is 2. The fourth-order valence-corrected chi connectivity index (χ4v) is 2.10. The van der Waals surface area contributed by atoms with Crippen LogP contribution in [0.15, 0.2) is 6.07 Å². The van der Waals surface area contributed by atoms with Crippen LogP contribution < -0.4 is 0 Å². The summed E-state index contributed by atoms with van der Waals surface area (Å²) in [6.45, 7) is 0. The molecule has 0 N–H and O–H groups in total. The molecule has 0 aliphatic heterocycles. The smallest absolute Gasteiger partial charge is 0.305 e. The second-order valence-corrected chi connectivity index (χ2v) is 4.74. The lowest BCUT2D eigenvalue weighted by Gasteiger charge is -1.98. The minimum atomic E-state index is -0.121. The highest BCUT2D eigenvalue weighted by atomic mass is 16.5. The number of carbonyl (C=O) groups is 1. The number of methoxy groups -OCH3 is 1. The van der Waals surface area contributed by atoms with Gasteiger partial charge in [0.05, 0.1) is 12.8 Å². The highest BCUT2D eigenvalue weighted by Crippen LogP contribution is 2.40. The molecule has 0 amide bonds. The summed E-state index contributed by atoms with van der Waals surface area (Å²) in [7, 11) is 3.45. The molecule has 4 heteroatoms. The van der Waals surface area contributed by atoms with Crippen molar-refractivity contribution in [1.29, 1.82) is 0 Å². The lowest BCUT2D eigenvalue weighted by molar-refractivity contribution is -0.140. The molecule has 0 spiro atoms. The largest absolute Gasteiger partial charge is 0.469 e. The van der Waals surface area contributed by atoms with Crippen molar-refractivity contribution in [3.05, 3.63) is 17.5 Å². The average Bonchev–Trinajstić information content (AvgIpc) is 3.09. The van der Waals surface area contributed by atoms with Crippen molar-refractivity contribution in [2.75, 3.05) is 7.11 Å². The molecule has 0 aromatic carbocycles. The Balaban J connectivity index is 1.75. The van der Waals surface area contributed by atoms with Gasteiger partial charge >= 0.3 is 5.97 Å². The zero-order valence-corrected chi connectivity index (χ0v) is 10.6. The van der Waals surface area contributed by atoms with Gasteiger partial charge in [-0.2, -0.15) is 5.10 Å².